The number of fused-ring (bicyclic) bond motifs is 1. The zero-order valence-corrected chi connectivity index (χ0v) is 14.6. The van der Waals surface area contributed by atoms with Gasteiger partial charge in [0.2, 0.25) is 5.91 Å². The molecule has 0 saturated heterocycles. The van der Waals surface area contributed by atoms with Crippen molar-refractivity contribution in [3.05, 3.63) is 46.5 Å². The highest BCUT2D eigenvalue weighted by Crippen LogP contribution is 2.15. The van der Waals surface area contributed by atoms with Crippen LogP contribution >= 0.6 is 0 Å². The summed E-state index contributed by atoms with van der Waals surface area (Å²) in [5.41, 5.74) is 6.06. The first-order chi connectivity index (χ1) is 11.5. The second kappa shape index (κ2) is 6.47. The Morgan fingerprint density at radius 3 is 2.79 bits per heavy atom. The lowest BCUT2D eigenvalue weighted by Gasteiger charge is -2.07. The van der Waals surface area contributed by atoms with Crippen LogP contribution in [0.25, 0.3) is 11.0 Å². The summed E-state index contributed by atoms with van der Waals surface area (Å²) < 4.78 is 1.96. The molecule has 2 aromatic heterocycles. The van der Waals surface area contributed by atoms with E-state index in [0.29, 0.717) is 13.0 Å². The van der Waals surface area contributed by atoms with Gasteiger partial charge in [-0.1, -0.05) is 6.07 Å². The fraction of sp³-hybridized carbons (Fsp3) is 0.389. The van der Waals surface area contributed by atoms with Crippen molar-refractivity contribution in [2.45, 2.75) is 47.2 Å². The summed E-state index contributed by atoms with van der Waals surface area (Å²) in [4.78, 5) is 19.8. The topological polar surface area (TPSA) is 75.6 Å². The Bertz CT molecular complexity index is 890. The van der Waals surface area contributed by atoms with Crippen LogP contribution in [-0.2, 0) is 24.3 Å². The number of aromatic nitrogens is 4. The lowest BCUT2D eigenvalue weighted by molar-refractivity contribution is -0.120. The van der Waals surface area contributed by atoms with Crippen molar-refractivity contribution < 1.29 is 4.79 Å². The minimum Gasteiger partial charge on any atom is -0.352 e. The van der Waals surface area contributed by atoms with E-state index in [1.54, 1.807) is 0 Å². The monoisotopic (exact) mass is 325 g/mol. The van der Waals surface area contributed by atoms with Crippen molar-refractivity contribution in [1.82, 2.24) is 25.1 Å². The Morgan fingerprint density at radius 1 is 1.29 bits per heavy atom. The van der Waals surface area contributed by atoms with E-state index >= 15 is 0 Å². The molecule has 0 saturated carbocycles. The van der Waals surface area contributed by atoms with Gasteiger partial charge in [0, 0.05) is 24.3 Å². The van der Waals surface area contributed by atoms with Gasteiger partial charge < -0.3 is 10.3 Å². The highest BCUT2D eigenvalue weighted by Gasteiger charge is 2.12. The number of hydrogen-bond donors (Lipinski definition) is 2. The highest BCUT2D eigenvalue weighted by atomic mass is 16.1. The van der Waals surface area contributed by atoms with Crippen LogP contribution in [0.4, 0.5) is 0 Å². The fourth-order valence-corrected chi connectivity index (χ4v) is 3.03. The quantitative estimate of drug-likeness (QED) is 0.757. The molecule has 3 aromatic rings. The van der Waals surface area contributed by atoms with Gasteiger partial charge >= 0.3 is 0 Å². The Balaban J connectivity index is 1.65. The van der Waals surface area contributed by atoms with Crippen molar-refractivity contribution in [1.29, 1.82) is 0 Å². The third-order valence-corrected chi connectivity index (χ3v) is 4.32. The van der Waals surface area contributed by atoms with Crippen LogP contribution in [0.2, 0.25) is 0 Å². The molecule has 0 fully saturated rings. The standard InChI is InChI=1S/C18H23N5O/c1-5-23-12(3)15(11(2)22-23)10-19-18(24)9-14-6-7-16-17(8-14)21-13(4)20-16/h6-8H,5,9-10H2,1-4H3,(H,19,24)(H,20,21). The molecule has 2 N–H and O–H groups in total. The number of nitrogens with one attached hydrogen (secondary N) is 2. The number of aryl methyl sites for hydroxylation is 3. The van der Waals surface area contributed by atoms with Crippen molar-refractivity contribution in [3.63, 3.8) is 0 Å². The highest BCUT2D eigenvalue weighted by molar-refractivity contribution is 5.81. The van der Waals surface area contributed by atoms with E-state index in [9.17, 15) is 4.79 Å². The van der Waals surface area contributed by atoms with Gasteiger partial charge in [-0.15, -0.1) is 0 Å². The van der Waals surface area contributed by atoms with Crippen LogP contribution in [0.5, 0.6) is 0 Å². The molecule has 0 atom stereocenters. The molecule has 3 rings (SSSR count). The summed E-state index contributed by atoms with van der Waals surface area (Å²) in [5, 5.41) is 7.48. The molecule has 0 aliphatic heterocycles. The van der Waals surface area contributed by atoms with E-state index in [1.165, 1.54) is 0 Å². The van der Waals surface area contributed by atoms with Crippen LogP contribution in [0.1, 0.15) is 35.3 Å². The minimum absolute atomic E-state index is 0.00800. The van der Waals surface area contributed by atoms with E-state index < -0.39 is 0 Å². The Morgan fingerprint density at radius 2 is 2.08 bits per heavy atom. The lowest BCUT2D eigenvalue weighted by atomic mass is 10.1. The maximum atomic E-state index is 12.3. The molecular formula is C18H23N5O. The SMILES string of the molecule is CCn1nc(C)c(CNC(=O)Cc2ccc3nc(C)[nH]c3c2)c1C. The number of benzene rings is 1. The van der Waals surface area contributed by atoms with E-state index in [1.807, 2.05) is 43.7 Å². The molecule has 0 spiro atoms. The summed E-state index contributed by atoms with van der Waals surface area (Å²) in [6, 6.07) is 5.88. The number of carbonyl (C=O) groups is 1. The fourth-order valence-electron chi connectivity index (χ4n) is 3.03. The number of carbonyl (C=O) groups excluding carboxylic acids is 1. The van der Waals surface area contributed by atoms with Crippen LogP contribution < -0.4 is 5.32 Å². The smallest absolute Gasteiger partial charge is 0.224 e. The second-order valence-electron chi connectivity index (χ2n) is 6.09. The summed E-state index contributed by atoms with van der Waals surface area (Å²) in [5.74, 6) is 0.888. The average molecular weight is 325 g/mol. The van der Waals surface area contributed by atoms with Gasteiger partial charge in [0.15, 0.2) is 0 Å². The van der Waals surface area contributed by atoms with Gasteiger partial charge in [-0.3, -0.25) is 9.48 Å². The summed E-state index contributed by atoms with van der Waals surface area (Å²) in [6.45, 7) is 9.36. The largest absolute Gasteiger partial charge is 0.352 e. The van der Waals surface area contributed by atoms with E-state index in [-0.39, 0.29) is 5.91 Å². The average Bonchev–Trinajstić information content (AvgIpc) is 3.03. The number of rotatable bonds is 5. The van der Waals surface area contributed by atoms with Crippen molar-refractivity contribution >= 4 is 16.9 Å². The van der Waals surface area contributed by atoms with Crippen LogP contribution in [0.15, 0.2) is 18.2 Å². The van der Waals surface area contributed by atoms with Crippen LogP contribution in [0, 0.1) is 20.8 Å². The van der Waals surface area contributed by atoms with Crippen molar-refractivity contribution in [2.75, 3.05) is 0 Å². The zero-order valence-electron chi connectivity index (χ0n) is 14.6. The van der Waals surface area contributed by atoms with E-state index in [2.05, 4.69) is 27.3 Å². The number of H-pyrrole nitrogens is 1. The Hall–Kier alpha value is -2.63. The molecular weight excluding hydrogens is 302 g/mol. The van der Waals surface area contributed by atoms with Crippen LogP contribution in [-0.4, -0.2) is 25.7 Å². The minimum atomic E-state index is 0.00800. The van der Waals surface area contributed by atoms with Gasteiger partial charge in [0.1, 0.15) is 5.82 Å². The molecule has 0 aliphatic rings. The third-order valence-electron chi connectivity index (χ3n) is 4.32. The normalized spacial score (nSPS) is 11.2. The molecule has 6 nitrogen and oxygen atoms in total. The van der Waals surface area contributed by atoms with E-state index in [0.717, 1.165) is 45.9 Å². The molecule has 1 aromatic carbocycles. The van der Waals surface area contributed by atoms with Gasteiger partial charge in [0.25, 0.3) is 0 Å². The lowest BCUT2D eigenvalue weighted by Crippen LogP contribution is -2.25. The number of nitrogens with zero attached hydrogens (tertiary/aromatic N) is 3. The zero-order chi connectivity index (χ0) is 17.3. The third kappa shape index (κ3) is 3.18. The number of amides is 1. The molecule has 2 heterocycles. The van der Waals surface area contributed by atoms with Crippen LogP contribution in [0.3, 0.4) is 0 Å². The molecule has 1 amide bonds. The second-order valence-corrected chi connectivity index (χ2v) is 6.09. The number of aromatic amines is 1. The molecule has 0 radical (unpaired) electrons. The molecule has 0 unspecified atom stereocenters. The molecule has 126 valence electrons. The maximum absolute atomic E-state index is 12.3. The van der Waals surface area contributed by atoms with Crippen molar-refractivity contribution in [2.24, 2.45) is 0 Å². The predicted octanol–water partition coefficient (Wildman–Crippen LogP) is 2.56. The first-order valence-electron chi connectivity index (χ1n) is 8.22. The van der Waals surface area contributed by atoms with Gasteiger partial charge in [-0.2, -0.15) is 5.10 Å². The van der Waals surface area contributed by atoms with Gasteiger partial charge in [-0.25, -0.2) is 4.98 Å². The predicted molar refractivity (Wildman–Crippen MR) is 93.8 cm³/mol. The summed E-state index contributed by atoms with van der Waals surface area (Å²) in [6.07, 6.45) is 0.355. The molecule has 0 bridgehead atoms. The van der Waals surface area contributed by atoms with E-state index in [4.69, 9.17) is 0 Å². The number of hydrogen-bond acceptors (Lipinski definition) is 3. The summed E-state index contributed by atoms with van der Waals surface area (Å²) in [7, 11) is 0. The summed E-state index contributed by atoms with van der Waals surface area (Å²) >= 11 is 0. The van der Waals surface area contributed by atoms with Gasteiger partial charge in [0.05, 0.1) is 23.1 Å². The molecule has 6 heteroatoms. The maximum Gasteiger partial charge on any atom is 0.224 e. The molecule has 0 aliphatic carbocycles. The first kappa shape index (κ1) is 16.2. The Kier molecular flexibility index (Phi) is 4.38. The Labute approximate surface area is 141 Å². The van der Waals surface area contributed by atoms with Gasteiger partial charge in [-0.05, 0) is 45.4 Å². The number of imidazole rings is 1. The molecule has 24 heavy (non-hydrogen) atoms. The van der Waals surface area contributed by atoms with Crippen molar-refractivity contribution in [3.8, 4) is 0 Å². The first-order valence-corrected chi connectivity index (χ1v) is 8.22.